The summed E-state index contributed by atoms with van der Waals surface area (Å²) in [6, 6.07) is 16.7. The molecule has 2 aromatic heterocycles. The number of amides is 4. The second-order valence-electron chi connectivity index (χ2n) is 16.7. The number of carbonyl (C=O) groups excluding carboxylic acids is 4. The molecule has 2 saturated heterocycles. The number of aliphatic hydroxyl groups excluding tert-OH is 1. The fraction of sp³-hybridized carbons (Fsp3) is 0.455. The Bertz CT molecular complexity index is 2150. The highest BCUT2D eigenvalue weighted by molar-refractivity contribution is 6.04. The number of aromatic nitrogens is 3. The first-order chi connectivity index (χ1) is 28.6. The maximum absolute atomic E-state index is 14.1. The van der Waals surface area contributed by atoms with Crippen LogP contribution in [0.1, 0.15) is 61.6 Å². The van der Waals surface area contributed by atoms with Crippen LogP contribution >= 0.6 is 0 Å². The summed E-state index contributed by atoms with van der Waals surface area (Å²) >= 11 is 0. The zero-order chi connectivity index (χ0) is 43.1. The van der Waals surface area contributed by atoms with Crippen LogP contribution in [0.3, 0.4) is 0 Å². The number of benzene rings is 2. The van der Waals surface area contributed by atoms with Crippen molar-refractivity contribution >= 4 is 40.7 Å². The number of aromatic amines is 1. The Labute approximate surface area is 351 Å². The van der Waals surface area contributed by atoms with Crippen LogP contribution in [0.2, 0.25) is 0 Å². The molecule has 4 aromatic rings. The van der Waals surface area contributed by atoms with Crippen LogP contribution in [0.4, 0.5) is 17.1 Å². The average molecular weight is 824 g/mol. The smallest absolute Gasteiger partial charge is 0.274 e. The van der Waals surface area contributed by atoms with E-state index in [1.807, 2.05) is 77.0 Å². The predicted octanol–water partition coefficient (Wildman–Crippen LogP) is 3.90. The molecule has 2 aliphatic rings. The number of β-amino-alcohol motifs (C(OH)–C–C–N with tert-alkyl or cyclic N) is 1. The molecule has 16 nitrogen and oxygen atoms in total. The van der Waals surface area contributed by atoms with Gasteiger partial charge in [-0.25, -0.2) is 4.98 Å². The van der Waals surface area contributed by atoms with Crippen molar-refractivity contribution in [3.05, 3.63) is 83.7 Å². The summed E-state index contributed by atoms with van der Waals surface area (Å²) in [7, 11) is 5.48. The second kappa shape index (κ2) is 18.9. The molecule has 4 heterocycles. The van der Waals surface area contributed by atoms with Crippen LogP contribution in [0, 0.1) is 12.3 Å². The quantitative estimate of drug-likeness (QED) is 0.124. The van der Waals surface area contributed by atoms with Gasteiger partial charge in [0.2, 0.25) is 17.7 Å². The number of piperidine rings is 1. The number of nitrogens with one attached hydrogen (secondary N) is 4. The Balaban J connectivity index is 0.992. The summed E-state index contributed by atoms with van der Waals surface area (Å²) in [5, 5.41) is 26.1. The maximum Gasteiger partial charge on any atom is 0.274 e. The number of methoxy groups -OCH3 is 1. The number of hydrogen-bond donors (Lipinski definition) is 5. The number of ether oxygens (including phenoxy) is 2. The molecule has 3 atom stereocenters. The molecule has 0 radical (unpaired) electrons. The van der Waals surface area contributed by atoms with Crippen molar-refractivity contribution < 1.29 is 33.8 Å². The lowest BCUT2D eigenvalue weighted by Crippen LogP contribution is -2.58. The summed E-state index contributed by atoms with van der Waals surface area (Å²) < 4.78 is 11.7. The van der Waals surface area contributed by atoms with Crippen LogP contribution in [0.15, 0.2) is 66.9 Å². The van der Waals surface area contributed by atoms with Crippen LogP contribution < -0.4 is 30.5 Å². The number of anilines is 3. The fourth-order valence-electron chi connectivity index (χ4n) is 7.53. The minimum absolute atomic E-state index is 0.00648. The van der Waals surface area contributed by atoms with Gasteiger partial charge in [0, 0.05) is 70.3 Å². The van der Waals surface area contributed by atoms with Gasteiger partial charge in [-0.3, -0.25) is 24.3 Å². The molecule has 2 aliphatic heterocycles. The zero-order valence-electron chi connectivity index (χ0n) is 35.4. The Morgan fingerprint density at radius 2 is 1.80 bits per heavy atom. The Kier molecular flexibility index (Phi) is 13.8. The van der Waals surface area contributed by atoms with Gasteiger partial charge in [-0.15, -0.1) is 0 Å². The van der Waals surface area contributed by atoms with Crippen LogP contribution in [-0.4, -0.2) is 121 Å². The van der Waals surface area contributed by atoms with Crippen LogP contribution in [0.5, 0.6) is 5.75 Å². The van der Waals surface area contributed by atoms with E-state index in [1.165, 1.54) is 4.90 Å². The third-order valence-corrected chi connectivity index (χ3v) is 11.0. The molecule has 0 aliphatic carbocycles. The molecule has 2 aromatic carbocycles. The molecule has 60 heavy (non-hydrogen) atoms. The second-order valence-corrected chi connectivity index (χ2v) is 16.7. The standard InChI is InChI=1S/C44H57N9O7/c1-27-21-29(51(5)6)12-11-28(27)24-45-42(57)37-23-31(54)25-53(37)43(58)40(44(2,3)4)49-39(55)26-60-32-16-19-52(20-17-32)30-13-14-35(38(22-30)59-7)48-41(56)36-10-8-9-33(47-36)34-15-18-46-50-34/h8-15,18,21-22,31-32,37,40,54H,16-17,19-20,23-26H2,1-7H3,(H,45,57)(H,46,50)(H,48,56)(H,49,55)/t31-,37+,40-/m1/s1. The van der Waals surface area contributed by atoms with E-state index in [0.29, 0.717) is 48.8 Å². The number of aliphatic hydroxyl groups is 1. The SMILES string of the molecule is COc1cc(N2CCC(OCC(=O)N[C@H](C(=O)N3C[C@H](O)C[C@H]3C(=O)NCc3ccc(N(C)C)cc3C)C(C)(C)C)CC2)ccc1NC(=O)c1cccc(-c2ccn[nH]2)n1. The summed E-state index contributed by atoms with van der Waals surface area (Å²) in [6.07, 6.45) is 2.01. The van der Waals surface area contributed by atoms with Gasteiger partial charge in [-0.05, 0) is 78.8 Å². The first-order valence-electron chi connectivity index (χ1n) is 20.3. The molecule has 0 spiro atoms. The van der Waals surface area contributed by atoms with Gasteiger partial charge >= 0.3 is 0 Å². The third kappa shape index (κ3) is 10.6. The summed E-state index contributed by atoms with van der Waals surface area (Å²) in [5.74, 6) is -1.09. The van der Waals surface area contributed by atoms with E-state index in [9.17, 15) is 24.3 Å². The van der Waals surface area contributed by atoms with E-state index in [-0.39, 0.29) is 49.7 Å². The lowest BCUT2D eigenvalue weighted by Gasteiger charge is -2.36. The first kappa shape index (κ1) is 43.6. The van der Waals surface area contributed by atoms with Gasteiger partial charge in [0.15, 0.2) is 0 Å². The first-order valence-corrected chi connectivity index (χ1v) is 20.3. The van der Waals surface area contributed by atoms with Crippen molar-refractivity contribution in [2.24, 2.45) is 5.41 Å². The highest BCUT2D eigenvalue weighted by Crippen LogP contribution is 2.32. The Morgan fingerprint density at radius 1 is 1.03 bits per heavy atom. The minimum Gasteiger partial charge on any atom is -0.494 e. The Hall–Kier alpha value is -6.00. The van der Waals surface area contributed by atoms with Gasteiger partial charge in [0.1, 0.15) is 30.1 Å². The Morgan fingerprint density at radius 3 is 2.47 bits per heavy atom. The number of hydrogen-bond acceptors (Lipinski definition) is 11. The normalized spacial score (nSPS) is 17.5. The monoisotopic (exact) mass is 823 g/mol. The number of rotatable bonds is 14. The molecule has 0 saturated carbocycles. The van der Waals surface area contributed by atoms with E-state index >= 15 is 0 Å². The van der Waals surface area contributed by atoms with Gasteiger partial charge in [0.05, 0.1) is 36.4 Å². The molecule has 16 heteroatoms. The number of pyridine rings is 1. The van der Waals surface area contributed by atoms with Crippen molar-refractivity contribution in [1.29, 1.82) is 0 Å². The topological polar surface area (TPSA) is 194 Å². The van der Waals surface area contributed by atoms with Gasteiger partial charge in [-0.2, -0.15) is 5.10 Å². The van der Waals surface area contributed by atoms with Crippen molar-refractivity contribution in [3.8, 4) is 17.1 Å². The highest BCUT2D eigenvalue weighted by atomic mass is 16.5. The molecular formula is C44H57N9O7. The average Bonchev–Trinajstić information content (AvgIpc) is 3.92. The van der Waals surface area contributed by atoms with Crippen molar-refractivity contribution in [2.45, 2.75) is 77.8 Å². The van der Waals surface area contributed by atoms with Gasteiger partial charge in [-0.1, -0.05) is 32.9 Å². The summed E-state index contributed by atoms with van der Waals surface area (Å²) in [6.45, 7) is 8.91. The lowest BCUT2D eigenvalue weighted by molar-refractivity contribution is -0.145. The van der Waals surface area contributed by atoms with E-state index in [0.717, 1.165) is 22.5 Å². The number of likely N-dealkylation sites (tertiary alicyclic amines) is 1. The zero-order valence-corrected chi connectivity index (χ0v) is 35.4. The number of H-pyrrole nitrogens is 1. The van der Waals surface area contributed by atoms with E-state index in [1.54, 1.807) is 43.6 Å². The largest absolute Gasteiger partial charge is 0.494 e. The number of aryl methyl sites for hydroxylation is 1. The van der Waals surface area contributed by atoms with Gasteiger partial charge < -0.3 is 45.2 Å². The third-order valence-electron chi connectivity index (χ3n) is 11.0. The summed E-state index contributed by atoms with van der Waals surface area (Å²) in [5.41, 5.74) is 5.32. The molecule has 0 bridgehead atoms. The highest BCUT2D eigenvalue weighted by Gasteiger charge is 2.44. The lowest BCUT2D eigenvalue weighted by atomic mass is 9.85. The van der Waals surface area contributed by atoms with Crippen molar-refractivity contribution in [1.82, 2.24) is 30.7 Å². The van der Waals surface area contributed by atoms with Crippen molar-refractivity contribution in [2.75, 3.05) is 62.6 Å². The summed E-state index contributed by atoms with van der Waals surface area (Å²) in [4.78, 5) is 64.0. The molecule has 320 valence electrons. The van der Waals surface area contributed by atoms with Crippen molar-refractivity contribution in [3.63, 3.8) is 0 Å². The minimum atomic E-state index is -0.956. The van der Waals surface area contributed by atoms with E-state index in [4.69, 9.17) is 9.47 Å². The maximum atomic E-state index is 14.1. The van der Waals surface area contributed by atoms with E-state index in [2.05, 4.69) is 36.0 Å². The molecular weight excluding hydrogens is 767 g/mol. The van der Waals surface area contributed by atoms with E-state index < -0.39 is 35.4 Å². The molecule has 2 fully saturated rings. The van der Waals surface area contributed by atoms with Crippen LogP contribution in [-0.2, 0) is 25.7 Å². The predicted molar refractivity (Wildman–Crippen MR) is 229 cm³/mol. The number of nitrogens with zero attached hydrogens (tertiary/aromatic N) is 5. The number of carbonyl (C=O) groups is 4. The molecule has 0 unspecified atom stereocenters. The fourth-order valence-corrected chi connectivity index (χ4v) is 7.53. The molecule has 5 N–H and O–H groups in total. The molecule has 4 amide bonds. The molecule has 6 rings (SSSR count). The van der Waals surface area contributed by atoms with Gasteiger partial charge in [0.25, 0.3) is 5.91 Å². The van der Waals surface area contributed by atoms with Crippen LogP contribution in [0.25, 0.3) is 11.4 Å².